The maximum absolute atomic E-state index is 12.7. The number of sulfonamides is 1. The van der Waals surface area contributed by atoms with Crippen LogP contribution in [0, 0.1) is 5.92 Å². The van der Waals surface area contributed by atoms with E-state index in [2.05, 4.69) is 5.10 Å². The summed E-state index contributed by atoms with van der Waals surface area (Å²) >= 11 is 0. The van der Waals surface area contributed by atoms with E-state index in [0.717, 1.165) is 4.31 Å². The van der Waals surface area contributed by atoms with E-state index in [4.69, 9.17) is 0 Å². The maximum Gasteiger partial charge on any atom is 0.263 e. The largest absolute Gasteiger partial charge is 0.298 e. The van der Waals surface area contributed by atoms with Crippen molar-refractivity contribution in [3.63, 3.8) is 0 Å². The summed E-state index contributed by atoms with van der Waals surface area (Å²) in [4.78, 5) is 25.6. The van der Waals surface area contributed by atoms with Crippen LogP contribution in [0.15, 0.2) is 64.6 Å². The Morgan fingerprint density at radius 3 is 2.25 bits per heavy atom. The summed E-state index contributed by atoms with van der Waals surface area (Å²) in [7, 11) is -0.610. The second-order valence-electron chi connectivity index (χ2n) is 6.73. The number of hydrogen-bond acceptors (Lipinski definition) is 5. The minimum absolute atomic E-state index is 0.0220. The van der Waals surface area contributed by atoms with Crippen LogP contribution in [0.1, 0.15) is 12.5 Å². The van der Waals surface area contributed by atoms with E-state index in [-0.39, 0.29) is 23.0 Å². The fourth-order valence-corrected chi connectivity index (χ4v) is 3.89. The molecule has 0 bridgehead atoms. The number of para-hydroxylation sites is 1. The van der Waals surface area contributed by atoms with Gasteiger partial charge in [0.1, 0.15) is 5.92 Å². The minimum atomic E-state index is -3.52. The lowest BCUT2D eigenvalue weighted by molar-refractivity contribution is -0.128. The van der Waals surface area contributed by atoms with Crippen molar-refractivity contribution in [2.24, 2.45) is 11.0 Å². The molecule has 0 N–H and O–H groups in total. The monoisotopic (exact) mass is 399 g/mol. The van der Waals surface area contributed by atoms with E-state index in [0.29, 0.717) is 17.0 Å². The number of hydrazone groups is 1. The van der Waals surface area contributed by atoms with E-state index in [1.165, 1.54) is 31.2 Å². The van der Waals surface area contributed by atoms with Crippen LogP contribution in [0.25, 0.3) is 0 Å². The Morgan fingerprint density at radius 1 is 1.07 bits per heavy atom. The summed E-state index contributed by atoms with van der Waals surface area (Å²) in [6.45, 7) is 1.66. The molecule has 1 amide bonds. The lowest BCUT2D eigenvalue weighted by Crippen LogP contribution is -2.33. The van der Waals surface area contributed by atoms with Gasteiger partial charge in [-0.3, -0.25) is 9.59 Å². The molecule has 0 saturated heterocycles. The number of amides is 1. The number of rotatable bonds is 6. The number of carbonyl (C=O) groups excluding carboxylic acids is 2. The van der Waals surface area contributed by atoms with Crippen molar-refractivity contribution >= 4 is 33.1 Å². The number of hydrogen-bond donors (Lipinski definition) is 0. The fourth-order valence-electron chi connectivity index (χ4n) is 2.98. The van der Waals surface area contributed by atoms with Gasteiger partial charge in [0, 0.05) is 20.5 Å². The highest BCUT2D eigenvalue weighted by Crippen LogP contribution is 2.25. The molecule has 2 aromatic rings. The normalized spacial score (nSPS) is 17.1. The highest BCUT2D eigenvalue weighted by molar-refractivity contribution is 7.89. The first-order valence-electron chi connectivity index (χ1n) is 8.70. The van der Waals surface area contributed by atoms with Crippen molar-refractivity contribution in [2.75, 3.05) is 19.1 Å². The average Bonchev–Trinajstić information content (AvgIpc) is 2.97. The van der Waals surface area contributed by atoms with Crippen LogP contribution in [-0.4, -0.2) is 44.2 Å². The standard InChI is InChI=1S/C20H21N3O4S/c1-14-19(20(25)23(21-14)16-7-5-4-6-8-16)18(24)13-15-9-11-17(12-10-15)28(26,27)22(2)3/h4-12,19H,13H2,1-3H3. The van der Waals surface area contributed by atoms with Gasteiger partial charge in [-0.05, 0) is 36.8 Å². The van der Waals surface area contributed by atoms with Gasteiger partial charge in [0.05, 0.1) is 16.3 Å². The molecule has 28 heavy (non-hydrogen) atoms. The van der Waals surface area contributed by atoms with Gasteiger partial charge in [-0.1, -0.05) is 30.3 Å². The lowest BCUT2D eigenvalue weighted by Gasteiger charge is -2.14. The second-order valence-corrected chi connectivity index (χ2v) is 8.89. The van der Waals surface area contributed by atoms with Crippen molar-refractivity contribution in [3.8, 4) is 0 Å². The van der Waals surface area contributed by atoms with Crippen molar-refractivity contribution < 1.29 is 18.0 Å². The molecule has 2 aromatic carbocycles. The van der Waals surface area contributed by atoms with Crippen molar-refractivity contribution in [2.45, 2.75) is 18.2 Å². The SMILES string of the molecule is CC1=NN(c2ccccc2)C(=O)C1C(=O)Cc1ccc(S(=O)(=O)N(C)C)cc1. The molecule has 0 aliphatic carbocycles. The van der Waals surface area contributed by atoms with Crippen LogP contribution in [0.3, 0.4) is 0 Å². The van der Waals surface area contributed by atoms with Gasteiger partial charge in [-0.15, -0.1) is 0 Å². The Labute approximate surface area is 164 Å². The van der Waals surface area contributed by atoms with Gasteiger partial charge in [-0.25, -0.2) is 12.7 Å². The highest BCUT2D eigenvalue weighted by atomic mass is 32.2. The smallest absolute Gasteiger partial charge is 0.263 e. The Hall–Kier alpha value is -2.84. The third-order valence-corrected chi connectivity index (χ3v) is 6.36. The first-order valence-corrected chi connectivity index (χ1v) is 10.1. The van der Waals surface area contributed by atoms with E-state index in [9.17, 15) is 18.0 Å². The van der Waals surface area contributed by atoms with Gasteiger partial charge >= 0.3 is 0 Å². The highest BCUT2D eigenvalue weighted by Gasteiger charge is 2.39. The zero-order valence-corrected chi connectivity index (χ0v) is 16.7. The molecule has 146 valence electrons. The molecule has 1 heterocycles. The van der Waals surface area contributed by atoms with E-state index < -0.39 is 15.9 Å². The van der Waals surface area contributed by atoms with E-state index in [1.807, 2.05) is 6.07 Å². The second kappa shape index (κ2) is 7.65. The predicted octanol–water partition coefficient (Wildman–Crippen LogP) is 2.09. The Morgan fingerprint density at radius 2 is 1.68 bits per heavy atom. The Kier molecular flexibility index (Phi) is 5.44. The molecular weight excluding hydrogens is 378 g/mol. The molecule has 0 aromatic heterocycles. The third-order valence-electron chi connectivity index (χ3n) is 4.53. The summed E-state index contributed by atoms with van der Waals surface area (Å²) in [5.74, 6) is -1.57. The van der Waals surface area contributed by atoms with Gasteiger partial charge < -0.3 is 0 Å². The molecule has 1 atom stereocenters. The Bertz CT molecular complexity index is 1030. The molecule has 0 fully saturated rings. The molecule has 1 aliphatic rings. The third kappa shape index (κ3) is 3.74. The molecule has 8 heteroatoms. The van der Waals surface area contributed by atoms with Gasteiger partial charge in [0.25, 0.3) is 5.91 Å². The van der Waals surface area contributed by atoms with Crippen molar-refractivity contribution in [3.05, 3.63) is 60.2 Å². The zero-order chi connectivity index (χ0) is 20.5. The number of Topliss-reactive ketones (excluding diaryl/α,β-unsaturated/α-hetero) is 1. The van der Waals surface area contributed by atoms with Gasteiger partial charge in [-0.2, -0.15) is 10.1 Å². The minimum Gasteiger partial charge on any atom is -0.298 e. The summed E-state index contributed by atoms with van der Waals surface area (Å²) in [5, 5.41) is 5.50. The van der Waals surface area contributed by atoms with Crippen LogP contribution in [0.4, 0.5) is 5.69 Å². The fraction of sp³-hybridized carbons (Fsp3) is 0.250. The van der Waals surface area contributed by atoms with Crippen molar-refractivity contribution in [1.82, 2.24) is 4.31 Å². The van der Waals surface area contributed by atoms with Crippen LogP contribution in [0.2, 0.25) is 0 Å². The number of anilines is 1. The average molecular weight is 399 g/mol. The summed E-state index contributed by atoms with van der Waals surface area (Å²) in [5.41, 5.74) is 1.70. The van der Waals surface area contributed by atoms with Gasteiger partial charge in [0.2, 0.25) is 10.0 Å². The van der Waals surface area contributed by atoms with Crippen LogP contribution >= 0.6 is 0 Å². The van der Waals surface area contributed by atoms with Gasteiger partial charge in [0.15, 0.2) is 5.78 Å². The van der Waals surface area contributed by atoms with Crippen LogP contribution in [-0.2, 0) is 26.0 Å². The molecule has 1 unspecified atom stereocenters. The molecule has 0 spiro atoms. The maximum atomic E-state index is 12.7. The first-order chi connectivity index (χ1) is 13.2. The summed E-state index contributed by atoms with van der Waals surface area (Å²) in [6.07, 6.45) is 0.0220. The number of carbonyl (C=O) groups is 2. The summed E-state index contributed by atoms with van der Waals surface area (Å²) in [6, 6.07) is 15.1. The number of nitrogens with zero attached hydrogens (tertiary/aromatic N) is 3. The molecular formula is C20H21N3O4S. The first kappa shape index (κ1) is 19.9. The zero-order valence-electron chi connectivity index (χ0n) is 15.9. The molecule has 1 aliphatic heterocycles. The van der Waals surface area contributed by atoms with Crippen LogP contribution < -0.4 is 5.01 Å². The molecule has 0 saturated carbocycles. The van der Waals surface area contributed by atoms with E-state index in [1.54, 1.807) is 43.3 Å². The summed E-state index contributed by atoms with van der Waals surface area (Å²) < 4.78 is 25.4. The lowest BCUT2D eigenvalue weighted by atomic mass is 9.94. The quantitative estimate of drug-likeness (QED) is 0.696. The predicted molar refractivity (Wildman–Crippen MR) is 107 cm³/mol. The Balaban J connectivity index is 1.75. The number of benzene rings is 2. The van der Waals surface area contributed by atoms with Crippen LogP contribution in [0.5, 0.6) is 0 Å². The van der Waals surface area contributed by atoms with E-state index >= 15 is 0 Å². The molecule has 3 rings (SSSR count). The molecule has 0 radical (unpaired) electrons. The van der Waals surface area contributed by atoms with Crippen molar-refractivity contribution in [1.29, 1.82) is 0 Å². The molecule has 7 nitrogen and oxygen atoms in total. The number of ketones is 1. The topological polar surface area (TPSA) is 87.1 Å².